The van der Waals surface area contributed by atoms with Crippen LogP contribution in [0.3, 0.4) is 0 Å². The van der Waals surface area contributed by atoms with Crippen LogP contribution in [0.15, 0.2) is 10.9 Å². The second-order valence-electron chi connectivity index (χ2n) is 6.73. The van der Waals surface area contributed by atoms with Crippen LogP contribution in [0, 0.1) is 0 Å². The number of fused-ring (bicyclic) bond motifs is 1. The predicted molar refractivity (Wildman–Crippen MR) is 91.0 cm³/mol. The third-order valence-corrected chi connectivity index (χ3v) is 4.92. The molecule has 10 heteroatoms. The van der Waals surface area contributed by atoms with E-state index < -0.39 is 30.2 Å². The van der Waals surface area contributed by atoms with Crippen molar-refractivity contribution in [1.82, 2.24) is 20.5 Å². The molecule has 1 aromatic rings. The van der Waals surface area contributed by atoms with E-state index in [4.69, 9.17) is 0 Å². The van der Waals surface area contributed by atoms with Crippen LogP contribution in [0.25, 0.3) is 0 Å². The van der Waals surface area contributed by atoms with E-state index in [1.807, 2.05) is 0 Å². The molecule has 0 radical (unpaired) electrons. The molecule has 2 heterocycles. The number of H-pyrrole nitrogens is 1. The minimum atomic E-state index is -4.51. The molecule has 0 bridgehead atoms. The van der Waals surface area contributed by atoms with E-state index in [1.54, 1.807) is 0 Å². The van der Waals surface area contributed by atoms with E-state index in [0.717, 1.165) is 0 Å². The van der Waals surface area contributed by atoms with Crippen LogP contribution in [0.4, 0.5) is 13.2 Å². The van der Waals surface area contributed by atoms with E-state index in [-0.39, 0.29) is 30.0 Å². The summed E-state index contributed by atoms with van der Waals surface area (Å²) in [6.45, 7) is 0.648. The van der Waals surface area contributed by atoms with Crippen molar-refractivity contribution in [3.05, 3.63) is 33.2 Å². The molecule has 0 saturated carbocycles. The molecule has 1 aliphatic carbocycles. The fourth-order valence-corrected chi connectivity index (χ4v) is 3.47. The van der Waals surface area contributed by atoms with Gasteiger partial charge in [-0.3, -0.25) is 19.3 Å². The number of piperazine rings is 1. The van der Waals surface area contributed by atoms with Crippen molar-refractivity contribution < 1.29 is 22.8 Å². The molecule has 3 N–H and O–H groups in total. The standard InChI is InChI=1S/C17H21F3N4O3/c18-17(19,20)14(24-6-4-21-5-7-24)9-22-15(26)11-8-10-12(23-16(11)27)2-1-3-13(10)25/h8,14,21H,1-7,9H2,(H,22,26)(H,23,27). The Bertz CT molecular complexity index is 785. The van der Waals surface area contributed by atoms with Crippen molar-refractivity contribution in [3.63, 3.8) is 0 Å². The molecule has 1 saturated heterocycles. The number of nitrogens with one attached hydrogen (secondary N) is 3. The average molecular weight is 386 g/mol. The maximum atomic E-state index is 13.4. The number of carbonyl (C=O) groups excluding carboxylic acids is 2. The van der Waals surface area contributed by atoms with Crippen molar-refractivity contribution in [3.8, 4) is 0 Å². The summed E-state index contributed by atoms with van der Waals surface area (Å²) >= 11 is 0. The summed E-state index contributed by atoms with van der Waals surface area (Å²) in [4.78, 5) is 40.2. The fraction of sp³-hybridized carbons (Fsp3) is 0.588. The molecular weight excluding hydrogens is 365 g/mol. The number of carbonyl (C=O) groups is 2. The predicted octanol–water partition coefficient (Wildman–Crippen LogP) is 0.460. The summed E-state index contributed by atoms with van der Waals surface area (Å²) < 4.78 is 40.2. The first-order valence-corrected chi connectivity index (χ1v) is 8.86. The van der Waals surface area contributed by atoms with E-state index in [9.17, 15) is 27.6 Å². The number of alkyl halides is 3. The summed E-state index contributed by atoms with van der Waals surface area (Å²) in [6, 6.07) is -0.639. The molecule has 148 valence electrons. The Morgan fingerprint density at radius 2 is 1.93 bits per heavy atom. The number of pyridine rings is 1. The molecular formula is C17H21F3N4O3. The summed E-state index contributed by atoms with van der Waals surface area (Å²) in [7, 11) is 0. The van der Waals surface area contributed by atoms with E-state index in [1.165, 1.54) is 11.0 Å². The first-order chi connectivity index (χ1) is 12.8. The van der Waals surface area contributed by atoms with Gasteiger partial charge in [0.05, 0.1) is 0 Å². The van der Waals surface area contributed by atoms with Gasteiger partial charge in [-0.25, -0.2) is 0 Å². The number of hydrogen-bond acceptors (Lipinski definition) is 5. The Hall–Kier alpha value is -2.20. The Morgan fingerprint density at radius 3 is 2.59 bits per heavy atom. The normalized spacial score (nSPS) is 19.4. The van der Waals surface area contributed by atoms with Gasteiger partial charge in [-0.2, -0.15) is 13.2 Å². The smallest absolute Gasteiger partial charge is 0.350 e. The lowest BCUT2D eigenvalue weighted by Gasteiger charge is -2.35. The highest BCUT2D eigenvalue weighted by atomic mass is 19.4. The molecule has 0 spiro atoms. The van der Waals surface area contributed by atoms with Gasteiger partial charge in [0.25, 0.3) is 11.5 Å². The topological polar surface area (TPSA) is 94.3 Å². The summed E-state index contributed by atoms with van der Waals surface area (Å²) in [5.74, 6) is -1.10. The number of aromatic amines is 1. The largest absolute Gasteiger partial charge is 0.405 e. The summed E-state index contributed by atoms with van der Waals surface area (Å²) in [6.07, 6.45) is -3.05. The minimum absolute atomic E-state index is 0.185. The maximum absolute atomic E-state index is 13.4. The summed E-state index contributed by atoms with van der Waals surface area (Å²) in [5, 5.41) is 5.19. The number of aryl methyl sites for hydroxylation is 1. The molecule has 2 aliphatic rings. The lowest BCUT2D eigenvalue weighted by Crippen LogP contribution is -2.57. The lowest BCUT2D eigenvalue weighted by molar-refractivity contribution is -0.183. The number of ketones is 1. The lowest BCUT2D eigenvalue weighted by atomic mass is 9.93. The number of amides is 1. The van der Waals surface area contributed by atoms with E-state index in [0.29, 0.717) is 38.0 Å². The van der Waals surface area contributed by atoms with Crippen LogP contribution in [0.1, 0.15) is 39.3 Å². The van der Waals surface area contributed by atoms with Crippen LogP contribution >= 0.6 is 0 Å². The van der Waals surface area contributed by atoms with Gasteiger partial charge < -0.3 is 15.6 Å². The molecule has 1 aromatic heterocycles. The van der Waals surface area contributed by atoms with Crippen LogP contribution in [-0.4, -0.2) is 66.5 Å². The minimum Gasteiger partial charge on any atom is -0.350 e. The first kappa shape index (κ1) is 19.6. The molecule has 27 heavy (non-hydrogen) atoms. The quantitative estimate of drug-likeness (QED) is 0.699. The molecule has 3 rings (SSSR count). The maximum Gasteiger partial charge on any atom is 0.405 e. The number of nitrogens with zero attached hydrogens (tertiary/aromatic N) is 1. The summed E-state index contributed by atoms with van der Waals surface area (Å²) in [5.41, 5.74) is -0.306. The van der Waals surface area contributed by atoms with Gasteiger partial charge in [0.1, 0.15) is 11.6 Å². The number of Topliss-reactive ketones (excluding diaryl/α,β-unsaturated/α-hetero) is 1. The third-order valence-electron chi connectivity index (χ3n) is 4.92. The molecule has 1 atom stereocenters. The van der Waals surface area contributed by atoms with Crippen LogP contribution in [0.2, 0.25) is 0 Å². The highest BCUT2D eigenvalue weighted by Crippen LogP contribution is 2.25. The SMILES string of the molecule is O=C1CCCc2[nH]c(=O)c(C(=O)NCC(N3CCNCC3)C(F)(F)F)cc21. The second kappa shape index (κ2) is 7.81. The fourth-order valence-electron chi connectivity index (χ4n) is 3.47. The van der Waals surface area contributed by atoms with Gasteiger partial charge in [0.2, 0.25) is 0 Å². The van der Waals surface area contributed by atoms with Crippen LogP contribution in [0.5, 0.6) is 0 Å². The molecule has 1 aliphatic heterocycles. The van der Waals surface area contributed by atoms with Crippen molar-refractivity contribution in [2.75, 3.05) is 32.7 Å². The number of rotatable bonds is 4. The van der Waals surface area contributed by atoms with E-state index in [2.05, 4.69) is 15.6 Å². The van der Waals surface area contributed by atoms with Crippen molar-refractivity contribution >= 4 is 11.7 Å². The van der Waals surface area contributed by atoms with Gasteiger partial charge in [0, 0.05) is 50.4 Å². The number of aromatic nitrogens is 1. The van der Waals surface area contributed by atoms with Crippen LogP contribution < -0.4 is 16.2 Å². The second-order valence-corrected chi connectivity index (χ2v) is 6.73. The number of hydrogen-bond donors (Lipinski definition) is 3. The van der Waals surface area contributed by atoms with Gasteiger partial charge in [-0.05, 0) is 18.9 Å². The molecule has 0 aromatic carbocycles. The van der Waals surface area contributed by atoms with Crippen molar-refractivity contribution in [2.45, 2.75) is 31.5 Å². The van der Waals surface area contributed by atoms with Crippen molar-refractivity contribution in [1.29, 1.82) is 0 Å². The van der Waals surface area contributed by atoms with Gasteiger partial charge in [0.15, 0.2) is 5.78 Å². The molecule has 7 nitrogen and oxygen atoms in total. The Labute approximate surface area is 153 Å². The Morgan fingerprint density at radius 1 is 1.22 bits per heavy atom. The zero-order chi connectivity index (χ0) is 19.6. The zero-order valence-electron chi connectivity index (χ0n) is 14.6. The first-order valence-electron chi connectivity index (χ1n) is 8.86. The highest BCUT2D eigenvalue weighted by molar-refractivity contribution is 6.01. The van der Waals surface area contributed by atoms with Crippen molar-refractivity contribution in [2.24, 2.45) is 0 Å². The Kier molecular flexibility index (Phi) is 5.66. The number of halogens is 3. The highest BCUT2D eigenvalue weighted by Gasteiger charge is 2.44. The zero-order valence-corrected chi connectivity index (χ0v) is 14.6. The molecule has 1 fully saturated rings. The third kappa shape index (κ3) is 4.38. The Balaban J connectivity index is 1.75. The van der Waals surface area contributed by atoms with E-state index >= 15 is 0 Å². The monoisotopic (exact) mass is 386 g/mol. The average Bonchev–Trinajstić information content (AvgIpc) is 2.61. The van der Waals surface area contributed by atoms with Gasteiger partial charge >= 0.3 is 6.18 Å². The van der Waals surface area contributed by atoms with Gasteiger partial charge in [-0.1, -0.05) is 0 Å². The molecule has 1 unspecified atom stereocenters. The van der Waals surface area contributed by atoms with Crippen LogP contribution in [-0.2, 0) is 6.42 Å². The van der Waals surface area contributed by atoms with Gasteiger partial charge in [-0.15, -0.1) is 0 Å². The molecule has 1 amide bonds.